The average Bonchev–Trinajstić information content (AvgIpc) is 3.25. The van der Waals surface area contributed by atoms with Crippen LogP contribution >= 0.6 is 0 Å². The molecule has 0 saturated carbocycles. The Bertz CT molecular complexity index is 972. The summed E-state index contributed by atoms with van der Waals surface area (Å²) < 4.78 is 38.2. The van der Waals surface area contributed by atoms with Gasteiger partial charge in [0.25, 0.3) is 0 Å². The molecule has 0 radical (unpaired) electrons. The molecule has 0 unspecified atom stereocenters. The number of aromatic nitrogens is 2. The van der Waals surface area contributed by atoms with Gasteiger partial charge in [-0.3, -0.25) is 9.69 Å². The van der Waals surface area contributed by atoms with Crippen molar-refractivity contribution in [2.24, 2.45) is 0 Å². The zero-order valence-electron chi connectivity index (χ0n) is 16.9. The van der Waals surface area contributed by atoms with Gasteiger partial charge >= 0.3 is 6.18 Å². The van der Waals surface area contributed by atoms with Crippen LogP contribution in [-0.4, -0.2) is 59.5 Å². The van der Waals surface area contributed by atoms with E-state index < -0.39 is 11.7 Å². The van der Waals surface area contributed by atoms with Crippen molar-refractivity contribution in [1.82, 2.24) is 14.9 Å². The van der Waals surface area contributed by atoms with Gasteiger partial charge in [0.15, 0.2) is 5.82 Å². The molecule has 10 heteroatoms. The molecular weight excluding hydrogens is 409 g/mol. The first-order valence-electron chi connectivity index (χ1n) is 10.5. The third-order valence-corrected chi connectivity index (χ3v) is 6.19. The number of hydrogen-bond donors (Lipinski definition) is 1. The monoisotopic (exact) mass is 432 g/mol. The number of rotatable bonds is 3. The highest BCUT2D eigenvalue weighted by Crippen LogP contribution is 2.35. The second-order valence-corrected chi connectivity index (χ2v) is 8.22. The first-order chi connectivity index (χ1) is 14.9. The maximum atomic E-state index is 12.7. The molecule has 5 rings (SSSR count). The van der Waals surface area contributed by atoms with Gasteiger partial charge in [-0.1, -0.05) is 0 Å². The second kappa shape index (κ2) is 7.67. The van der Waals surface area contributed by atoms with Crippen LogP contribution in [0.15, 0.2) is 30.6 Å². The van der Waals surface area contributed by atoms with Crippen molar-refractivity contribution in [3.8, 4) is 0 Å². The van der Waals surface area contributed by atoms with Crippen LogP contribution in [0, 0.1) is 0 Å². The normalized spacial score (nSPS) is 21.6. The van der Waals surface area contributed by atoms with Crippen molar-refractivity contribution in [3.05, 3.63) is 41.7 Å². The van der Waals surface area contributed by atoms with E-state index in [0.717, 1.165) is 61.8 Å². The fourth-order valence-electron chi connectivity index (χ4n) is 4.55. The number of anilines is 3. The largest absolute Gasteiger partial charge is 0.417 e. The Balaban J connectivity index is 1.20. The van der Waals surface area contributed by atoms with Gasteiger partial charge in [-0.15, -0.1) is 0 Å². The Hall–Kier alpha value is -2.88. The lowest BCUT2D eigenvalue weighted by Gasteiger charge is -2.36. The number of alkyl halides is 3. The van der Waals surface area contributed by atoms with Gasteiger partial charge in [-0.05, 0) is 36.6 Å². The van der Waals surface area contributed by atoms with Crippen molar-refractivity contribution in [1.29, 1.82) is 0 Å². The summed E-state index contributed by atoms with van der Waals surface area (Å²) in [5.41, 5.74) is 1.06. The predicted molar refractivity (Wildman–Crippen MR) is 110 cm³/mol. The highest BCUT2D eigenvalue weighted by Gasteiger charge is 2.37. The summed E-state index contributed by atoms with van der Waals surface area (Å²) in [6.07, 6.45) is 0.253. The zero-order chi connectivity index (χ0) is 21.6. The van der Waals surface area contributed by atoms with Gasteiger partial charge in [0, 0.05) is 51.7 Å². The van der Waals surface area contributed by atoms with Crippen molar-refractivity contribution in [3.63, 3.8) is 0 Å². The number of halogens is 3. The standard InChI is InChI=1S/C21H23F3N6O/c22-21(23,24)15-3-4-18(25-12-15)29-8-6-28(7-9-29)13-14-10-16-19(26-11-14)30-5-1-2-17(30)20(31)27-16/h3-4,10-12,17H,1-2,5-9,13H2,(H,27,31)/t17-/m0/s1. The highest BCUT2D eigenvalue weighted by atomic mass is 19.4. The van der Waals surface area contributed by atoms with Gasteiger partial charge in [-0.25, -0.2) is 9.97 Å². The van der Waals surface area contributed by atoms with E-state index in [1.165, 1.54) is 6.07 Å². The molecule has 7 nitrogen and oxygen atoms in total. The topological polar surface area (TPSA) is 64.6 Å². The number of amides is 1. The quantitative estimate of drug-likeness (QED) is 0.805. The lowest BCUT2D eigenvalue weighted by atomic mass is 10.1. The number of carbonyl (C=O) groups excluding carboxylic acids is 1. The van der Waals surface area contributed by atoms with Gasteiger partial charge in [0.1, 0.15) is 11.9 Å². The number of nitrogens with one attached hydrogen (secondary N) is 1. The number of hydrogen-bond acceptors (Lipinski definition) is 6. The van der Waals surface area contributed by atoms with Crippen molar-refractivity contribution in [2.45, 2.75) is 31.6 Å². The number of nitrogens with zero attached hydrogens (tertiary/aromatic N) is 5. The van der Waals surface area contributed by atoms with E-state index in [9.17, 15) is 18.0 Å². The van der Waals surface area contributed by atoms with Gasteiger partial charge < -0.3 is 15.1 Å². The molecule has 164 valence electrons. The average molecular weight is 432 g/mol. The van der Waals surface area contributed by atoms with Crippen LogP contribution in [0.3, 0.4) is 0 Å². The minimum atomic E-state index is -4.37. The summed E-state index contributed by atoms with van der Waals surface area (Å²) in [6.45, 7) is 4.46. The van der Waals surface area contributed by atoms with E-state index in [1.54, 1.807) is 0 Å². The first kappa shape index (κ1) is 20.0. The summed E-state index contributed by atoms with van der Waals surface area (Å²) >= 11 is 0. The molecular formula is C21H23F3N6O. The molecule has 1 atom stereocenters. The third-order valence-electron chi connectivity index (χ3n) is 6.19. The van der Waals surface area contributed by atoms with E-state index in [1.807, 2.05) is 17.2 Å². The summed E-state index contributed by atoms with van der Waals surface area (Å²) in [5.74, 6) is 1.46. The molecule has 0 aliphatic carbocycles. The van der Waals surface area contributed by atoms with Gasteiger partial charge in [0.05, 0.1) is 11.3 Å². The van der Waals surface area contributed by atoms with Crippen LogP contribution in [0.1, 0.15) is 24.0 Å². The van der Waals surface area contributed by atoms with E-state index >= 15 is 0 Å². The van der Waals surface area contributed by atoms with Crippen LogP contribution in [0.25, 0.3) is 0 Å². The van der Waals surface area contributed by atoms with Crippen LogP contribution in [-0.2, 0) is 17.5 Å². The van der Waals surface area contributed by atoms with Crippen LogP contribution in [0.2, 0.25) is 0 Å². The van der Waals surface area contributed by atoms with Crippen molar-refractivity contribution in [2.75, 3.05) is 47.8 Å². The fraction of sp³-hybridized carbons (Fsp3) is 0.476. The Morgan fingerprint density at radius 3 is 2.58 bits per heavy atom. The molecule has 3 aliphatic rings. The maximum Gasteiger partial charge on any atom is 0.417 e. The van der Waals surface area contributed by atoms with Crippen LogP contribution in [0.4, 0.5) is 30.5 Å². The molecule has 1 N–H and O–H groups in total. The lowest BCUT2D eigenvalue weighted by Crippen LogP contribution is -2.46. The molecule has 1 amide bonds. The minimum absolute atomic E-state index is 0.0432. The lowest BCUT2D eigenvalue weighted by molar-refractivity contribution is -0.137. The Labute approximate surface area is 177 Å². The summed E-state index contributed by atoms with van der Waals surface area (Å²) in [4.78, 5) is 27.3. The number of carbonyl (C=O) groups is 1. The van der Waals surface area contributed by atoms with Crippen LogP contribution < -0.4 is 15.1 Å². The maximum absolute atomic E-state index is 12.7. The second-order valence-electron chi connectivity index (χ2n) is 8.22. The van der Waals surface area contributed by atoms with Crippen LogP contribution in [0.5, 0.6) is 0 Å². The molecule has 2 aromatic rings. The molecule has 2 saturated heterocycles. The van der Waals surface area contributed by atoms with E-state index in [4.69, 9.17) is 0 Å². The third kappa shape index (κ3) is 3.91. The SMILES string of the molecule is O=C1Nc2cc(CN3CCN(c4ccc(C(F)(F)F)cn4)CC3)cnc2N2CCC[C@@H]12. The molecule has 2 aromatic heterocycles. The Kier molecular flexibility index (Phi) is 4.96. The highest BCUT2D eigenvalue weighted by molar-refractivity contribution is 6.03. The van der Waals surface area contributed by atoms with Crippen molar-refractivity contribution >= 4 is 23.2 Å². The fourth-order valence-corrected chi connectivity index (χ4v) is 4.55. The van der Waals surface area contributed by atoms with E-state index in [-0.39, 0.29) is 11.9 Å². The summed E-state index contributed by atoms with van der Waals surface area (Å²) in [5, 5.41) is 2.99. The molecule has 3 aliphatic heterocycles. The molecule has 0 bridgehead atoms. The Morgan fingerprint density at radius 1 is 1.06 bits per heavy atom. The van der Waals surface area contributed by atoms with Gasteiger partial charge in [0.2, 0.25) is 5.91 Å². The smallest absolute Gasteiger partial charge is 0.354 e. The van der Waals surface area contributed by atoms with E-state index in [2.05, 4.69) is 25.1 Å². The molecule has 31 heavy (non-hydrogen) atoms. The Morgan fingerprint density at radius 2 is 1.87 bits per heavy atom. The van der Waals surface area contributed by atoms with Crippen molar-refractivity contribution < 1.29 is 18.0 Å². The number of piperazine rings is 1. The minimum Gasteiger partial charge on any atom is -0.354 e. The summed E-state index contributed by atoms with van der Waals surface area (Å²) in [7, 11) is 0. The summed E-state index contributed by atoms with van der Waals surface area (Å²) in [6, 6.07) is 4.41. The molecule has 0 spiro atoms. The van der Waals surface area contributed by atoms with E-state index in [0.29, 0.717) is 25.5 Å². The first-order valence-corrected chi connectivity index (χ1v) is 10.5. The van der Waals surface area contributed by atoms with Gasteiger partial charge in [-0.2, -0.15) is 13.2 Å². The molecule has 0 aromatic carbocycles. The number of fused-ring (bicyclic) bond motifs is 3. The number of pyridine rings is 2. The zero-order valence-corrected chi connectivity index (χ0v) is 16.9. The molecule has 2 fully saturated rings. The predicted octanol–water partition coefficient (Wildman–Crippen LogP) is 2.74. The molecule has 5 heterocycles.